The van der Waals surface area contributed by atoms with Crippen molar-refractivity contribution in [3.63, 3.8) is 0 Å². The van der Waals surface area contributed by atoms with Crippen molar-refractivity contribution in [2.75, 3.05) is 0 Å². The lowest BCUT2D eigenvalue weighted by atomic mass is 9.77. The molecule has 0 nitrogen and oxygen atoms in total. The van der Waals surface area contributed by atoms with Crippen LogP contribution in [0.15, 0.2) is 169 Å². The van der Waals surface area contributed by atoms with E-state index in [0.29, 0.717) is 17.2 Å². The average Bonchev–Trinajstić information content (AvgIpc) is 3.15. The van der Waals surface area contributed by atoms with Crippen LogP contribution < -0.4 is 10.6 Å². The highest BCUT2D eigenvalue weighted by atomic mass is 31.1. The molecule has 0 radical (unpaired) electrons. The molecule has 3 atom stereocenters. The first-order valence-corrected chi connectivity index (χ1v) is 19.7. The molecule has 0 saturated carbocycles. The standard InChI is InChI=1S/C48H43P2/c1-33-13-19-39(20-14-33)49-47(29-25-35(3)26-30-47)43-23-17-37-9-5-7-11-41(37)45(43)46-42-12-8-6-10-38(42)18-24-44(46)48(31-27-36(4)28-32-48)50-40-21-15-34(2)16-22-40/h5-31,49-50H,32H2,1-4H3/q+1. The summed E-state index contributed by atoms with van der Waals surface area (Å²) in [4.78, 5) is 0. The summed E-state index contributed by atoms with van der Waals surface area (Å²) >= 11 is 0. The summed E-state index contributed by atoms with van der Waals surface area (Å²) in [5.41, 5.74) is 9.44. The normalized spacial score (nSPS) is 18.6. The third-order valence-electron chi connectivity index (χ3n) is 10.5. The molecule has 2 aliphatic carbocycles. The van der Waals surface area contributed by atoms with Crippen molar-refractivity contribution in [1.29, 1.82) is 0 Å². The van der Waals surface area contributed by atoms with Crippen LogP contribution in [0, 0.1) is 19.8 Å². The highest BCUT2D eigenvalue weighted by Gasteiger charge is 2.41. The van der Waals surface area contributed by atoms with Crippen LogP contribution in [0.2, 0.25) is 0 Å². The topological polar surface area (TPSA) is 0 Å². The Kier molecular flexibility index (Phi) is 8.73. The summed E-state index contributed by atoms with van der Waals surface area (Å²) in [5.74, 6) is 1.29. The zero-order valence-electron chi connectivity index (χ0n) is 29.3. The second kappa shape index (κ2) is 13.3. The van der Waals surface area contributed by atoms with E-state index in [-0.39, 0.29) is 10.3 Å². The van der Waals surface area contributed by atoms with Crippen LogP contribution in [0.4, 0.5) is 0 Å². The molecule has 2 aliphatic rings. The zero-order valence-corrected chi connectivity index (χ0v) is 31.3. The molecule has 0 N–H and O–H groups in total. The SMILES string of the molecule is CC1=CCC(Pc2ccc(C)cc2)(c2ccc3ccccc3c2-c2c(C3(Pc4ccc(C)cc4)C=C[C+](C)C=C3)ccc3ccccc23)C=C1. The zero-order chi connectivity index (χ0) is 34.3. The summed E-state index contributed by atoms with van der Waals surface area (Å²) in [6.45, 7) is 8.79. The van der Waals surface area contributed by atoms with Gasteiger partial charge in [0.1, 0.15) is 5.16 Å². The molecule has 0 heterocycles. The van der Waals surface area contributed by atoms with Gasteiger partial charge in [-0.2, -0.15) is 0 Å². The van der Waals surface area contributed by atoms with Gasteiger partial charge in [0.2, 0.25) is 0 Å². The van der Waals surface area contributed by atoms with Gasteiger partial charge in [0.05, 0.1) is 0 Å². The third-order valence-corrected chi connectivity index (χ3v) is 13.8. The van der Waals surface area contributed by atoms with Gasteiger partial charge in [-0.3, -0.25) is 0 Å². The van der Waals surface area contributed by atoms with Crippen molar-refractivity contribution in [1.82, 2.24) is 0 Å². The molecule has 50 heavy (non-hydrogen) atoms. The minimum absolute atomic E-state index is 0.183. The van der Waals surface area contributed by atoms with E-state index < -0.39 is 0 Å². The molecule has 8 rings (SSSR count). The van der Waals surface area contributed by atoms with Crippen molar-refractivity contribution in [3.8, 4) is 11.1 Å². The van der Waals surface area contributed by atoms with Gasteiger partial charge in [-0.25, -0.2) is 0 Å². The van der Waals surface area contributed by atoms with Crippen molar-refractivity contribution in [3.05, 3.63) is 198 Å². The Morgan fingerprint density at radius 1 is 0.540 bits per heavy atom. The van der Waals surface area contributed by atoms with Crippen LogP contribution >= 0.6 is 17.2 Å². The summed E-state index contributed by atoms with van der Waals surface area (Å²) in [5, 5.41) is 7.46. The van der Waals surface area contributed by atoms with Gasteiger partial charge in [-0.15, -0.1) is 0 Å². The van der Waals surface area contributed by atoms with Crippen LogP contribution in [-0.4, -0.2) is 0 Å². The molecule has 0 bridgehead atoms. The van der Waals surface area contributed by atoms with Crippen molar-refractivity contribution in [2.45, 2.75) is 44.4 Å². The predicted octanol–water partition coefficient (Wildman–Crippen LogP) is 12.3. The summed E-state index contributed by atoms with van der Waals surface area (Å²) in [6.07, 6.45) is 17.9. The maximum absolute atomic E-state index is 2.53. The fourth-order valence-electron chi connectivity index (χ4n) is 7.63. The Bertz CT molecular complexity index is 2320. The van der Waals surface area contributed by atoms with Crippen LogP contribution in [0.25, 0.3) is 32.7 Å². The number of allylic oxidation sites excluding steroid dienone is 8. The van der Waals surface area contributed by atoms with Crippen LogP contribution in [-0.2, 0) is 10.3 Å². The van der Waals surface area contributed by atoms with E-state index >= 15 is 0 Å². The van der Waals surface area contributed by atoms with Crippen LogP contribution in [0.3, 0.4) is 0 Å². The first kappa shape index (κ1) is 32.7. The number of benzene rings is 6. The highest BCUT2D eigenvalue weighted by molar-refractivity contribution is 7.49. The number of aryl methyl sites for hydroxylation is 2. The summed E-state index contributed by atoms with van der Waals surface area (Å²) in [6, 6.07) is 46.1. The molecule has 0 fully saturated rings. The molecule has 0 amide bonds. The molecule has 6 aromatic carbocycles. The average molecular weight is 682 g/mol. The van der Waals surface area contributed by atoms with E-state index in [2.05, 4.69) is 192 Å². The number of hydrogen-bond donors (Lipinski definition) is 0. The highest BCUT2D eigenvalue weighted by Crippen LogP contribution is 2.57. The maximum atomic E-state index is 2.53. The van der Waals surface area contributed by atoms with Crippen LogP contribution in [0.5, 0.6) is 0 Å². The van der Waals surface area contributed by atoms with Crippen LogP contribution in [0.1, 0.15) is 42.5 Å². The lowest BCUT2D eigenvalue weighted by molar-refractivity contribution is 0.770. The molecular formula is C48H43P2+. The van der Waals surface area contributed by atoms with Gasteiger partial charge < -0.3 is 0 Å². The molecule has 6 aromatic rings. The third kappa shape index (κ3) is 6.11. The molecule has 3 unspecified atom stereocenters. The first-order valence-electron chi connectivity index (χ1n) is 17.7. The first-order chi connectivity index (χ1) is 24.3. The van der Waals surface area contributed by atoms with Gasteiger partial charge in [0, 0.05) is 47.9 Å². The second-order valence-corrected chi connectivity index (χ2v) is 17.5. The number of rotatable bonds is 7. The Hall–Kier alpha value is -4.47. The monoisotopic (exact) mass is 681 g/mol. The predicted molar refractivity (Wildman–Crippen MR) is 223 cm³/mol. The quantitative estimate of drug-likeness (QED) is 0.116. The molecule has 0 aromatic heterocycles. The lowest BCUT2D eigenvalue weighted by Gasteiger charge is -2.37. The second-order valence-electron chi connectivity index (χ2n) is 14.1. The maximum Gasteiger partial charge on any atom is 0.138 e. The summed E-state index contributed by atoms with van der Waals surface area (Å²) < 4.78 is 0. The van der Waals surface area contributed by atoms with Crippen molar-refractivity contribution < 1.29 is 0 Å². The molecule has 0 saturated heterocycles. The molecule has 244 valence electrons. The van der Waals surface area contributed by atoms with Gasteiger partial charge >= 0.3 is 0 Å². The van der Waals surface area contributed by atoms with E-state index in [1.54, 1.807) is 0 Å². The molecular weight excluding hydrogens is 638 g/mol. The lowest BCUT2D eigenvalue weighted by Crippen LogP contribution is -2.25. The fourth-order valence-corrected chi connectivity index (χ4v) is 10.7. The van der Waals surface area contributed by atoms with Gasteiger partial charge in [0.15, 0.2) is 0 Å². The van der Waals surface area contributed by atoms with Gasteiger partial charge in [-0.1, -0.05) is 165 Å². The fraction of sp³-hybridized carbons (Fsp3) is 0.146. The Morgan fingerprint density at radius 2 is 1.06 bits per heavy atom. The molecule has 0 spiro atoms. The van der Waals surface area contributed by atoms with E-state index in [9.17, 15) is 0 Å². The van der Waals surface area contributed by atoms with Crippen molar-refractivity contribution >= 4 is 49.3 Å². The minimum atomic E-state index is -0.298. The summed E-state index contributed by atoms with van der Waals surface area (Å²) in [7, 11) is 1.12. The van der Waals surface area contributed by atoms with Gasteiger partial charge in [-0.05, 0) is 84.6 Å². The van der Waals surface area contributed by atoms with E-state index in [1.165, 1.54) is 77.0 Å². The Balaban J connectivity index is 1.46. The largest absolute Gasteiger partial charge is 0.138 e. The van der Waals surface area contributed by atoms with E-state index in [0.717, 1.165) is 6.42 Å². The number of fused-ring (bicyclic) bond motifs is 2. The van der Waals surface area contributed by atoms with Gasteiger partial charge in [0.25, 0.3) is 0 Å². The Labute approximate surface area is 301 Å². The minimum Gasteiger partial charge on any atom is -0.0800 e. The Morgan fingerprint density at radius 3 is 1.62 bits per heavy atom. The smallest absolute Gasteiger partial charge is 0.0800 e. The van der Waals surface area contributed by atoms with Crippen molar-refractivity contribution in [2.24, 2.45) is 0 Å². The number of hydrogen-bond acceptors (Lipinski definition) is 0. The van der Waals surface area contributed by atoms with E-state index in [1.807, 2.05) is 0 Å². The molecule has 2 heteroatoms. The molecule has 0 aliphatic heterocycles. The van der Waals surface area contributed by atoms with E-state index in [4.69, 9.17) is 0 Å².